The number of carbonyl (C=O) groups excluding carboxylic acids is 1. The Hall–Kier alpha value is -1.11. The molecule has 0 spiro atoms. The van der Waals surface area contributed by atoms with Crippen LogP contribution in [0.5, 0.6) is 0 Å². The van der Waals surface area contributed by atoms with Gasteiger partial charge in [0.15, 0.2) is 0 Å². The predicted octanol–water partition coefficient (Wildman–Crippen LogP) is 1.78. The van der Waals surface area contributed by atoms with Crippen molar-refractivity contribution in [1.82, 2.24) is 15.1 Å². The standard InChI is InChI=1S/C14H23N3O2S/c1-11-9-19-6-5-17(11)14(18)15-8-13(16(2)3)12-4-7-20-10-12/h4,7,10-11,13H,5-6,8-9H2,1-3H3,(H,15,18). The number of urea groups is 1. The first-order valence-corrected chi connectivity index (χ1v) is 7.84. The van der Waals surface area contributed by atoms with E-state index in [9.17, 15) is 4.79 Å². The highest BCUT2D eigenvalue weighted by Gasteiger charge is 2.24. The van der Waals surface area contributed by atoms with E-state index in [4.69, 9.17) is 4.74 Å². The molecule has 6 heteroatoms. The Morgan fingerprint density at radius 2 is 2.45 bits per heavy atom. The minimum Gasteiger partial charge on any atom is -0.377 e. The third-order valence-electron chi connectivity index (χ3n) is 3.63. The summed E-state index contributed by atoms with van der Waals surface area (Å²) in [5.74, 6) is 0. The average molecular weight is 297 g/mol. The smallest absolute Gasteiger partial charge is 0.317 e. The second-order valence-electron chi connectivity index (χ2n) is 5.34. The van der Waals surface area contributed by atoms with Gasteiger partial charge in [-0.15, -0.1) is 0 Å². The molecule has 2 atom stereocenters. The molecule has 0 radical (unpaired) electrons. The van der Waals surface area contributed by atoms with Gasteiger partial charge in [0.2, 0.25) is 0 Å². The van der Waals surface area contributed by atoms with Crippen molar-refractivity contribution in [2.45, 2.75) is 19.0 Å². The van der Waals surface area contributed by atoms with Crippen LogP contribution in [-0.4, -0.2) is 62.3 Å². The number of rotatable bonds is 4. The van der Waals surface area contributed by atoms with E-state index in [-0.39, 0.29) is 18.1 Å². The van der Waals surface area contributed by atoms with Crippen LogP contribution >= 0.6 is 11.3 Å². The Morgan fingerprint density at radius 3 is 3.05 bits per heavy atom. The number of hydrogen-bond donors (Lipinski definition) is 1. The second-order valence-corrected chi connectivity index (χ2v) is 6.12. The summed E-state index contributed by atoms with van der Waals surface area (Å²) in [6, 6.07) is 2.46. The Labute approximate surface area is 124 Å². The number of hydrogen-bond acceptors (Lipinski definition) is 4. The zero-order valence-electron chi connectivity index (χ0n) is 12.3. The summed E-state index contributed by atoms with van der Waals surface area (Å²) in [5, 5.41) is 7.25. The average Bonchev–Trinajstić information content (AvgIpc) is 2.92. The topological polar surface area (TPSA) is 44.8 Å². The van der Waals surface area contributed by atoms with Crippen molar-refractivity contribution in [3.63, 3.8) is 0 Å². The highest BCUT2D eigenvalue weighted by atomic mass is 32.1. The van der Waals surface area contributed by atoms with E-state index in [1.165, 1.54) is 5.56 Å². The fraction of sp³-hybridized carbons (Fsp3) is 0.643. The lowest BCUT2D eigenvalue weighted by atomic mass is 10.1. The summed E-state index contributed by atoms with van der Waals surface area (Å²) in [7, 11) is 4.07. The zero-order chi connectivity index (χ0) is 14.5. The van der Waals surface area contributed by atoms with Gasteiger partial charge in [0.25, 0.3) is 0 Å². The molecule has 112 valence electrons. The van der Waals surface area contributed by atoms with Gasteiger partial charge in [0.05, 0.1) is 25.3 Å². The number of nitrogens with zero attached hydrogens (tertiary/aromatic N) is 2. The maximum absolute atomic E-state index is 12.2. The number of amides is 2. The molecule has 1 aliphatic heterocycles. The minimum absolute atomic E-state index is 0.00267. The summed E-state index contributed by atoms with van der Waals surface area (Å²) < 4.78 is 5.36. The molecule has 1 N–H and O–H groups in total. The van der Waals surface area contributed by atoms with Crippen LogP contribution in [0.2, 0.25) is 0 Å². The molecule has 2 unspecified atom stereocenters. The molecule has 1 aromatic rings. The van der Waals surface area contributed by atoms with Crippen molar-refractivity contribution in [1.29, 1.82) is 0 Å². The van der Waals surface area contributed by atoms with E-state index in [1.807, 2.05) is 25.9 Å². The van der Waals surface area contributed by atoms with Crippen LogP contribution in [0.25, 0.3) is 0 Å². The Bertz CT molecular complexity index is 422. The molecule has 20 heavy (non-hydrogen) atoms. The Balaban J connectivity index is 1.90. The number of likely N-dealkylation sites (N-methyl/N-ethyl adjacent to an activating group) is 1. The number of nitrogens with one attached hydrogen (secondary N) is 1. The van der Waals surface area contributed by atoms with Gasteiger partial charge in [-0.25, -0.2) is 4.79 Å². The lowest BCUT2D eigenvalue weighted by Crippen LogP contribution is -2.52. The van der Waals surface area contributed by atoms with E-state index < -0.39 is 0 Å². The first-order valence-electron chi connectivity index (χ1n) is 6.90. The number of thiophene rings is 1. The molecule has 0 saturated carbocycles. The van der Waals surface area contributed by atoms with E-state index in [2.05, 4.69) is 27.0 Å². The number of carbonyl (C=O) groups is 1. The van der Waals surface area contributed by atoms with Gasteiger partial charge in [-0.05, 0) is 43.4 Å². The molecule has 0 aliphatic carbocycles. The van der Waals surface area contributed by atoms with Crippen LogP contribution < -0.4 is 5.32 Å². The van der Waals surface area contributed by atoms with E-state index >= 15 is 0 Å². The third kappa shape index (κ3) is 3.71. The van der Waals surface area contributed by atoms with Crippen LogP contribution in [0.15, 0.2) is 16.8 Å². The fourth-order valence-corrected chi connectivity index (χ4v) is 3.08. The van der Waals surface area contributed by atoms with E-state index in [0.29, 0.717) is 26.3 Å². The fourth-order valence-electron chi connectivity index (χ4n) is 2.38. The lowest BCUT2D eigenvalue weighted by Gasteiger charge is -2.34. The molecular weight excluding hydrogens is 274 g/mol. The first kappa shape index (κ1) is 15.3. The number of ether oxygens (including phenoxy) is 1. The van der Waals surface area contributed by atoms with Crippen LogP contribution in [0.4, 0.5) is 4.79 Å². The van der Waals surface area contributed by atoms with Crippen LogP contribution in [0, 0.1) is 0 Å². The minimum atomic E-state index is 0.00267. The highest BCUT2D eigenvalue weighted by molar-refractivity contribution is 7.07. The maximum atomic E-state index is 12.2. The summed E-state index contributed by atoms with van der Waals surface area (Å²) >= 11 is 1.68. The van der Waals surface area contributed by atoms with Gasteiger partial charge >= 0.3 is 6.03 Å². The molecule has 0 aromatic carbocycles. The molecule has 1 aromatic heterocycles. The van der Waals surface area contributed by atoms with Gasteiger partial charge in [-0.1, -0.05) is 0 Å². The van der Waals surface area contributed by atoms with Crippen molar-refractivity contribution >= 4 is 17.4 Å². The van der Waals surface area contributed by atoms with Crippen molar-refractivity contribution in [2.75, 3.05) is 40.4 Å². The van der Waals surface area contributed by atoms with Gasteiger partial charge < -0.3 is 19.9 Å². The monoisotopic (exact) mass is 297 g/mol. The molecule has 0 bridgehead atoms. The molecule has 5 nitrogen and oxygen atoms in total. The largest absolute Gasteiger partial charge is 0.377 e. The van der Waals surface area contributed by atoms with Gasteiger partial charge in [0.1, 0.15) is 0 Å². The maximum Gasteiger partial charge on any atom is 0.317 e. The second kappa shape index (κ2) is 7.06. The lowest BCUT2D eigenvalue weighted by molar-refractivity contribution is 0.0187. The summed E-state index contributed by atoms with van der Waals surface area (Å²) in [5.41, 5.74) is 1.25. The van der Waals surface area contributed by atoms with Crippen LogP contribution in [0.1, 0.15) is 18.5 Å². The zero-order valence-corrected chi connectivity index (χ0v) is 13.2. The predicted molar refractivity (Wildman–Crippen MR) is 81.1 cm³/mol. The van der Waals surface area contributed by atoms with E-state index in [0.717, 1.165) is 0 Å². The SMILES string of the molecule is CC1COCCN1C(=O)NCC(c1ccsc1)N(C)C. The highest BCUT2D eigenvalue weighted by Crippen LogP contribution is 2.20. The van der Waals surface area contributed by atoms with Crippen LogP contribution in [-0.2, 0) is 4.74 Å². The summed E-state index contributed by atoms with van der Waals surface area (Å²) in [6.07, 6.45) is 0. The Morgan fingerprint density at radius 1 is 1.65 bits per heavy atom. The molecule has 1 fully saturated rings. The molecule has 1 aliphatic rings. The van der Waals surface area contributed by atoms with Gasteiger partial charge in [0, 0.05) is 13.1 Å². The van der Waals surface area contributed by atoms with Gasteiger partial charge in [-0.3, -0.25) is 0 Å². The van der Waals surface area contributed by atoms with Crippen molar-refractivity contribution in [3.05, 3.63) is 22.4 Å². The van der Waals surface area contributed by atoms with Crippen molar-refractivity contribution < 1.29 is 9.53 Å². The normalized spacial score (nSPS) is 21.0. The van der Waals surface area contributed by atoms with E-state index in [1.54, 1.807) is 11.3 Å². The quantitative estimate of drug-likeness (QED) is 0.921. The summed E-state index contributed by atoms with van der Waals surface area (Å²) in [4.78, 5) is 16.2. The van der Waals surface area contributed by atoms with Crippen molar-refractivity contribution in [3.8, 4) is 0 Å². The molecule has 1 saturated heterocycles. The molecule has 2 rings (SSSR count). The van der Waals surface area contributed by atoms with Crippen LogP contribution in [0.3, 0.4) is 0 Å². The summed E-state index contributed by atoms with van der Waals surface area (Å²) in [6.45, 7) is 4.54. The number of morpholine rings is 1. The van der Waals surface area contributed by atoms with Gasteiger partial charge in [-0.2, -0.15) is 11.3 Å². The van der Waals surface area contributed by atoms with Crippen molar-refractivity contribution in [2.24, 2.45) is 0 Å². The molecule has 2 heterocycles. The third-order valence-corrected chi connectivity index (χ3v) is 4.33. The molecule has 2 amide bonds. The Kier molecular flexibility index (Phi) is 5.39. The molecular formula is C14H23N3O2S. The first-order chi connectivity index (χ1) is 9.59.